The van der Waals surface area contributed by atoms with Gasteiger partial charge in [-0.15, -0.1) is 6.58 Å². The van der Waals surface area contributed by atoms with Gasteiger partial charge in [-0.25, -0.2) is 0 Å². The molecule has 5 unspecified atom stereocenters. The SMILES string of the molecule is C=CC(C(C[N+](CC(CP(=O)(O)O)P(=O)(O)O)(CC(CP(=O)(O)O)P(=O)(O)O)CC(CP(=O)(O)O)P(=O)(O)O)P(=O)(O)O)P(=O)(O)O.N. The van der Waals surface area contributed by atoms with Crippen molar-refractivity contribution in [3.05, 3.63) is 12.7 Å². The van der Waals surface area contributed by atoms with Gasteiger partial charge in [0.25, 0.3) is 0 Å². The van der Waals surface area contributed by atoms with E-state index in [4.69, 9.17) is 0 Å². The van der Waals surface area contributed by atoms with Gasteiger partial charge in [-0.1, -0.05) is 6.08 Å². The van der Waals surface area contributed by atoms with Gasteiger partial charge in [0.05, 0.1) is 50.3 Å². The van der Waals surface area contributed by atoms with E-state index in [-0.39, 0.29) is 12.2 Å². The van der Waals surface area contributed by atoms with E-state index in [0.29, 0.717) is 0 Å². The topological polar surface area (TPSA) is 495 Å². The van der Waals surface area contributed by atoms with Gasteiger partial charge in [0.2, 0.25) is 0 Å². The summed E-state index contributed by atoms with van der Waals surface area (Å²) < 4.78 is 95.5. The van der Waals surface area contributed by atoms with Gasteiger partial charge in [0.15, 0.2) is 0 Å². The summed E-state index contributed by atoms with van der Waals surface area (Å²) in [6, 6.07) is 0. The molecule has 0 amide bonds. The van der Waals surface area contributed by atoms with Gasteiger partial charge in [-0.05, 0) is 0 Å². The first kappa shape index (κ1) is 51.0. The summed E-state index contributed by atoms with van der Waals surface area (Å²) >= 11 is 0. The summed E-state index contributed by atoms with van der Waals surface area (Å²) in [6.07, 6.45) is -5.38. The maximum atomic E-state index is 12.6. The summed E-state index contributed by atoms with van der Waals surface area (Å²) in [7, 11) is -46.3. The molecule has 34 heteroatoms. The molecule has 0 heterocycles. The molecule has 0 rings (SSSR count). The maximum Gasteiger partial charge on any atom is 0.335 e. The molecule has 0 saturated carbocycles. The Morgan fingerprint density at radius 1 is 0.438 bits per heavy atom. The average molecular weight is 869 g/mol. The molecule has 0 aliphatic rings. The molecule has 26 nitrogen and oxygen atoms in total. The molecular formula is C14H41N2O24P8+. The molecule has 0 spiro atoms. The Balaban J connectivity index is 0. The molecule has 290 valence electrons. The van der Waals surface area contributed by atoms with Crippen LogP contribution in [0, 0.1) is 0 Å². The normalized spacial score (nSPS) is 18.9. The second kappa shape index (κ2) is 17.3. The third-order valence-electron chi connectivity index (χ3n) is 6.60. The van der Waals surface area contributed by atoms with Crippen molar-refractivity contribution < 1.29 is 119 Å². The van der Waals surface area contributed by atoms with Crippen LogP contribution >= 0.6 is 60.8 Å². The predicted molar refractivity (Wildman–Crippen MR) is 165 cm³/mol. The molecule has 0 aromatic heterocycles. The highest BCUT2D eigenvalue weighted by atomic mass is 31.2. The lowest BCUT2D eigenvalue weighted by Gasteiger charge is -2.47. The van der Waals surface area contributed by atoms with E-state index in [1.165, 1.54) is 0 Å². The van der Waals surface area contributed by atoms with Crippen molar-refractivity contribution in [3.63, 3.8) is 0 Å². The number of hydrogen-bond donors (Lipinski definition) is 17. The maximum absolute atomic E-state index is 12.6. The number of hydrogen-bond acceptors (Lipinski definition) is 9. The highest BCUT2D eigenvalue weighted by molar-refractivity contribution is 7.58. The van der Waals surface area contributed by atoms with Crippen molar-refractivity contribution in [2.45, 2.75) is 28.3 Å². The number of allylic oxidation sites excluding steroid dienone is 1. The second-order valence-electron chi connectivity index (χ2n) is 10.8. The van der Waals surface area contributed by atoms with Crippen LogP contribution in [-0.2, 0) is 36.5 Å². The first-order valence-corrected chi connectivity index (χ1v) is 25.9. The van der Waals surface area contributed by atoms with Crippen LogP contribution in [0.15, 0.2) is 12.7 Å². The lowest BCUT2D eigenvalue weighted by atomic mass is 10.1. The van der Waals surface area contributed by atoms with E-state index in [0.717, 1.165) is 0 Å². The third kappa shape index (κ3) is 19.1. The van der Waals surface area contributed by atoms with E-state index in [2.05, 4.69) is 6.58 Å². The fourth-order valence-corrected chi connectivity index (χ4v) is 15.8. The van der Waals surface area contributed by atoms with Crippen LogP contribution in [-0.4, -0.2) is 156 Å². The van der Waals surface area contributed by atoms with E-state index in [1.54, 1.807) is 0 Å². The molecule has 0 bridgehead atoms. The Hall–Kier alpha value is 0.860. The summed E-state index contributed by atoms with van der Waals surface area (Å²) in [6.45, 7) is -4.16. The quantitative estimate of drug-likeness (QED) is 0.0320. The van der Waals surface area contributed by atoms with Crippen LogP contribution in [0.5, 0.6) is 0 Å². The van der Waals surface area contributed by atoms with Crippen molar-refractivity contribution >= 4 is 60.8 Å². The average Bonchev–Trinajstić information content (AvgIpc) is 2.71. The van der Waals surface area contributed by atoms with Crippen LogP contribution in [0.1, 0.15) is 0 Å². The zero-order chi connectivity index (χ0) is 38.0. The monoisotopic (exact) mass is 869 g/mol. The molecule has 0 saturated heterocycles. The molecule has 0 aromatic rings. The Morgan fingerprint density at radius 3 is 0.833 bits per heavy atom. The lowest BCUT2D eigenvalue weighted by molar-refractivity contribution is -0.926. The van der Waals surface area contributed by atoms with Gasteiger partial charge in [0.1, 0.15) is 22.6 Å². The Bertz CT molecular complexity index is 1360. The van der Waals surface area contributed by atoms with Gasteiger partial charge in [-0.3, -0.25) is 36.5 Å². The minimum atomic E-state index is -6.04. The van der Waals surface area contributed by atoms with Gasteiger partial charge in [-0.2, -0.15) is 0 Å². The predicted octanol–water partition coefficient (Wildman–Crippen LogP) is -2.58. The molecule has 0 radical (unpaired) electrons. The van der Waals surface area contributed by atoms with Crippen LogP contribution in [0.2, 0.25) is 0 Å². The summed E-state index contributed by atoms with van der Waals surface area (Å²) in [5.41, 5.74) is -14.0. The molecule has 48 heavy (non-hydrogen) atoms. The molecule has 19 N–H and O–H groups in total. The van der Waals surface area contributed by atoms with Crippen LogP contribution in [0.3, 0.4) is 0 Å². The highest BCUT2D eigenvalue weighted by Gasteiger charge is 2.55. The van der Waals surface area contributed by atoms with Crippen molar-refractivity contribution in [3.8, 4) is 0 Å². The Labute approximate surface area is 271 Å². The van der Waals surface area contributed by atoms with E-state index in [9.17, 15) is 115 Å². The van der Waals surface area contributed by atoms with Crippen molar-refractivity contribution in [1.29, 1.82) is 0 Å². The molecule has 0 fully saturated rings. The molecule has 5 atom stereocenters. The number of quaternary nitrogens is 1. The van der Waals surface area contributed by atoms with E-state index >= 15 is 0 Å². The van der Waals surface area contributed by atoms with Gasteiger partial charge < -0.3 is 88.9 Å². The minimum absolute atomic E-state index is 0. The third-order valence-corrected chi connectivity index (χ3v) is 17.0. The Kier molecular flexibility index (Phi) is 18.4. The Morgan fingerprint density at radius 2 is 0.688 bits per heavy atom. The first-order valence-electron chi connectivity index (χ1n) is 12.1. The van der Waals surface area contributed by atoms with Crippen molar-refractivity contribution in [2.75, 3.05) is 44.7 Å². The smallest absolute Gasteiger partial charge is 0.335 e. The highest BCUT2D eigenvalue weighted by Crippen LogP contribution is 2.58. The lowest BCUT2D eigenvalue weighted by Crippen LogP contribution is -2.63. The van der Waals surface area contributed by atoms with E-state index in [1.807, 2.05) is 0 Å². The van der Waals surface area contributed by atoms with E-state index < -0.39 is 138 Å². The number of nitrogens with zero attached hydrogens (tertiary/aromatic N) is 1. The summed E-state index contributed by atoms with van der Waals surface area (Å²) in [5.74, 6) is 0. The first-order chi connectivity index (χ1) is 20.2. The number of rotatable bonds is 21. The zero-order valence-electron chi connectivity index (χ0n) is 24.3. The summed E-state index contributed by atoms with van der Waals surface area (Å²) in [5, 5.41) is 0. The standard InChI is InChI=1S/C14H37NO24P8.H3N/c1-2-13(46(34,35)36)14(47(37,38)39)6-15(3-10(43(25,26)27)7-40(16,17)18,4-11(44(28,29)30)8-41(19,20)21)5-12(45(31,32)33)9-42(22,23)24;/h2,10-14H,1,3-9H2,(H15-,16,17,18,19,20,21,22,23,24,25,26,27,28,29,30,31,32,33,34,35,36,37,38,39);1H3/p+1. The molecule has 0 aromatic carbocycles. The van der Waals surface area contributed by atoms with Crippen LogP contribution < -0.4 is 6.15 Å². The van der Waals surface area contributed by atoms with Crippen LogP contribution in [0.25, 0.3) is 0 Å². The minimum Gasteiger partial charge on any atom is -0.344 e. The van der Waals surface area contributed by atoms with Crippen molar-refractivity contribution in [2.24, 2.45) is 0 Å². The fourth-order valence-electron chi connectivity index (χ4n) is 4.75. The molecular weight excluding hydrogens is 828 g/mol. The zero-order valence-corrected chi connectivity index (χ0v) is 31.4. The fraction of sp³-hybridized carbons (Fsp3) is 0.857. The van der Waals surface area contributed by atoms with Gasteiger partial charge in [0, 0.05) is 0 Å². The molecule has 0 aliphatic heterocycles. The second-order valence-corrected chi connectivity index (χ2v) is 25.2. The largest absolute Gasteiger partial charge is 0.344 e. The van der Waals surface area contributed by atoms with Gasteiger partial charge >= 0.3 is 60.8 Å². The summed E-state index contributed by atoms with van der Waals surface area (Å²) in [4.78, 5) is 156. The molecule has 0 aliphatic carbocycles. The van der Waals surface area contributed by atoms with Crippen LogP contribution in [0.4, 0.5) is 0 Å². The van der Waals surface area contributed by atoms with Crippen molar-refractivity contribution in [1.82, 2.24) is 6.15 Å².